The van der Waals surface area contributed by atoms with Crippen molar-refractivity contribution in [2.75, 3.05) is 13.1 Å². The van der Waals surface area contributed by atoms with Gasteiger partial charge < -0.3 is 5.32 Å². The van der Waals surface area contributed by atoms with Crippen LogP contribution in [0.25, 0.3) is 0 Å². The molecular formula is C7H13IN2O. The molecule has 0 aromatic rings. The Balaban J connectivity index is 2.27. The van der Waals surface area contributed by atoms with Crippen LogP contribution >= 0.6 is 22.9 Å². The van der Waals surface area contributed by atoms with E-state index in [0.717, 1.165) is 32.3 Å². The first-order chi connectivity index (χ1) is 5.33. The summed E-state index contributed by atoms with van der Waals surface area (Å²) in [6.45, 7) is 2.24. The Kier molecular flexibility index (Phi) is 4.14. The maximum Gasteiger partial charge on any atom is 0.207 e. The van der Waals surface area contributed by atoms with E-state index in [-0.39, 0.29) is 0 Å². The summed E-state index contributed by atoms with van der Waals surface area (Å²) >= 11 is 2.34. The third kappa shape index (κ3) is 3.37. The first-order valence-electron chi connectivity index (χ1n) is 3.93. The van der Waals surface area contributed by atoms with E-state index in [0.29, 0.717) is 6.04 Å². The second kappa shape index (κ2) is 4.92. The maximum absolute atomic E-state index is 10.1. The molecule has 1 rings (SSSR count). The van der Waals surface area contributed by atoms with Crippen LogP contribution in [0.15, 0.2) is 0 Å². The molecule has 1 amide bonds. The van der Waals surface area contributed by atoms with E-state index in [4.69, 9.17) is 0 Å². The lowest BCUT2D eigenvalue weighted by Gasteiger charge is -2.12. The summed E-state index contributed by atoms with van der Waals surface area (Å²) in [5.41, 5.74) is 0. The highest BCUT2D eigenvalue weighted by Gasteiger charge is 2.13. The second-order valence-electron chi connectivity index (χ2n) is 2.82. The van der Waals surface area contributed by atoms with Crippen LogP contribution in [-0.4, -0.2) is 28.7 Å². The molecule has 1 unspecified atom stereocenters. The van der Waals surface area contributed by atoms with E-state index >= 15 is 0 Å². The fourth-order valence-electron chi connectivity index (χ4n) is 1.32. The molecule has 0 saturated carbocycles. The predicted molar refractivity (Wildman–Crippen MR) is 52.4 cm³/mol. The van der Waals surface area contributed by atoms with Gasteiger partial charge in [0.05, 0.1) is 0 Å². The lowest BCUT2D eigenvalue weighted by Crippen LogP contribution is -2.28. The van der Waals surface area contributed by atoms with Gasteiger partial charge in [-0.15, -0.1) is 0 Å². The number of carbonyl (C=O) groups excluding carboxylic acids is 1. The molecule has 1 aliphatic heterocycles. The summed E-state index contributed by atoms with van der Waals surface area (Å²) in [5, 5.41) is 2.83. The Hall–Kier alpha value is 0.160. The van der Waals surface area contributed by atoms with Gasteiger partial charge in [-0.25, -0.2) is 3.11 Å². The van der Waals surface area contributed by atoms with Gasteiger partial charge in [-0.1, -0.05) is 0 Å². The number of hydrogen-bond acceptors (Lipinski definition) is 2. The van der Waals surface area contributed by atoms with Crippen LogP contribution in [0.4, 0.5) is 0 Å². The van der Waals surface area contributed by atoms with Crippen LogP contribution in [-0.2, 0) is 4.79 Å². The van der Waals surface area contributed by atoms with Crippen molar-refractivity contribution >= 4 is 29.3 Å². The van der Waals surface area contributed by atoms with Gasteiger partial charge in [-0.3, -0.25) is 4.79 Å². The summed E-state index contributed by atoms with van der Waals surface area (Å²) in [4.78, 5) is 10.1. The zero-order chi connectivity index (χ0) is 8.10. The molecule has 1 saturated heterocycles. The Morgan fingerprint density at radius 1 is 1.45 bits per heavy atom. The normalized spacial score (nSPS) is 27.5. The summed E-state index contributed by atoms with van der Waals surface area (Å²) in [5.74, 6) is 0. The first-order valence-corrected chi connectivity index (χ1v) is 4.90. The largest absolute Gasteiger partial charge is 0.356 e. The van der Waals surface area contributed by atoms with Gasteiger partial charge in [0.25, 0.3) is 0 Å². The Bertz CT molecular complexity index is 132. The Labute approximate surface area is 81.0 Å². The number of rotatable bonds is 2. The summed E-state index contributed by atoms with van der Waals surface area (Å²) in [7, 11) is 0. The average Bonchev–Trinajstić information content (AvgIpc) is 2.17. The van der Waals surface area contributed by atoms with E-state index in [1.54, 1.807) is 0 Å². The highest BCUT2D eigenvalue weighted by Crippen LogP contribution is 2.13. The molecule has 0 aromatic carbocycles. The van der Waals surface area contributed by atoms with Crippen molar-refractivity contribution in [1.29, 1.82) is 0 Å². The monoisotopic (exact) mass is 268 g/mol. The zero-order valence-corrected chi connectivity index (χ0v) is 8.58. The van der Waals surface area contributed by atoms with Crippen molar-refractivity contribution in [1.82, 2.24) is 8.43 Å². The zero-order valence-electron chi connectivity index (χ0n) is 6.42. The quantitative estimate of drug-likeness (QED) is 0.459. The van der Waals surface area contributed by atoms with Crippen molar-refractivity contribution in [3.05, 3.63) is 0 Å². The fraction of sp³-hybridized carbons (Fsp3) is 0.857. The lowest BCUT2D eigenvalue weighted by molar-refractivity contribution is -0.110. The molecule has 64 valence electrons. The Morgan fingerprint density at radius 3 is 3.00 bits per heavy atom. The second-order valence-corrected chi connectivity index (χ2v) is 4.19. The number of halogens is 1. The Morgan fingerprint density at radius 2 is 2.27 bits per heavy atom. The molecule has 1 atom stereocenters. The molecule has 1 N–H and O–H groups in total. The van der Waals surface area contributed by atoms with Gasteiger partial charge >= 0.3 is 0 Å². The van der Waals surface area contributed by atoms with E-state index in [1.807, 2.05) is 0 Å². The molecule has 0 bridgehead atoms. The molecule has 0 spiro atoms. The van der Waals surface area contributed by atoms with Gasteiger partial charge in [0.2, 0.25) is 6.41 Å². The van der Waals surface area contributed by atoms with Gasteiger partial charge in [0.15, 0.2) is 0 Å². The van der Waals surface area contributed by atoms with Gasteiger partial charge in [-0.2, -0.15) is 0 Å². The third-order valence-electron chi connectivity index (χ3n) is 1.98. The van der Waals surface area contributed by atoms with Crippen LogP contribution in [0.2, 0.25) is 0 Å². The molecule has 0 aromatic heterocycles. The summed E-state index contributed by atoms with van der Waals surface area (Å²) in [6.07, 6.45) is 4.21. The molecular weight excluding hydrogens is 255 g/mol. The third-order valence-corrected chi connectivity index (χ3v) is 2.94. The number of amides is 1. The molecule has 0 radical (unpaired) electrons. The highest BCUT2D eigenvalue weighted by atomic mass is 127. The van der Waals surface area contributed by atoms with E-state index in [1.165, 1.54) is 6.42 Å². The molecule has 1 aliphatic rings. The molecule has 11 heavy (non-hydrogen) atoms. The smallest absolute Gasteiger partial charge is 0.207 e. The van der Waals surface area contributed by atoms with Crippen molar-refractivity contribution in [3.63, 3.8) is 0 Å². The van der Waals surface area contributed by atoms with Crippen molar-refractivity contribution in [2.24, 2.45) is 0 Å². The van der Waals surface area contributed by atoms with Gasteiger partial charge in [0, 0.05) is 42.0 Å². The molecule has 0 aliphatic carbocycles. The summed E-state index contributed by atoms with van der Waals surface area (Å²) in [6, 6.07) is 0.410. The standard InChI is InChI=1S/C7H13IN2O/c8-10-4-1-2-7(3-5-10)9-6-11/h6-7H,1-5H2,(H,9,11). The minimum atomic E-state index is 0.410. The van der Waals surface area contributed by atoms with Crippen molar-refractivity contribution in [3.8, 4) is 0 Å². The van der Waals surface area contributed by atoms with Crippen LogP contribution in [0, 0.1) is 0 Å². The lowest BCUT2D eigenvalue weighted by atomic mass is 10.1. The number of nitrogens with zero attached hydrogens (tertiary/aromatic N) is 1. The fourth-order valence-corrected chi connectivity index (χ4v) is 1.94. The SMILES string of the molecule is O=CNC1CCCN(I)CC1. The number of nitrogens with one attached hydrogen (secondary N) is 1. The maximum atomic E-state index is 10.1. The molecule has 1 heterocycles. The van der Waals surface area contributed by atoms with Gasteiger partial charge in [0.1, 0.15) is 0 Å². The van der Waals surface area contributed by atoms with E-state index < -0.39 is 0 Å². The topological polar surface area (TPSA) is 32.3 Å². The first kappa shape index (κ1) is 9.25. The van der Waals surface area contributed by atoms with Crippen LogP contribution < -0.4 is 5.32 Å². The van der Waals surface area contributed by atoms with Crippen LogP contribution in [0.3, 0.4) is 0 Å². The number of hydrogen-bond donors (Lipinski definition) is 1. The molecule has 4 heteroatoms. The van der Waals surface area contributed by atoms with Gasteiger partial charge in [-0.05, 0) is 19.3 Å². The van der Waals surface area contributed by atoms with E-state index in [2.05, 4.69) is 31.3 Å². The predicted octanol–water partition coefficient (Wildman–Crippen LogP) is 0.937. The summed E-state index contributed by atoms with van der Waals surface area (Å²) < 4.78 is 2.28. The molecule has 3 nitrogen and oxygen atoms in total. The van der Waals surface area contributed by atoms with E-state index in [9.17, 15) is 4.79 Å². The average molecular weight is 268 g/mol. The molecule has 1 fully saturated rings. The van der Waals surface area contributed by atoms with Crippen LogP contribution in [0.5, 0.6) is 0 Å². The van der Waals surface area contributed by atoms with Crippen molar-refractivity contribution < 1.29 is 4.79 Å². The number of carbonyl (C=O) groups is 1. The van der Waals surface area contributed by atoms with Crippen LogP contribution in [0.1, 0.15) is 19.3 Å². The minimum Gasteiger partial charge on any atom is -0.356 e. The van der Waals surface area contributed by atoms with Crippen molar-refractivity contribution in [2.45, 2.75) is 25.3 Å². The minimum absolute atomic E-state index is 0.410. The highest BCUT2D eigenvalue weighted by molar-refractivity contribution is 14.1.